The summed E-state index contributed by atoms with van der Waals surface area (Å²) in [6.45, 7) is 1.55. The fourth-order valence-corrected chi connectivity index (χ4v) is 3.84. The molecule has 4 rings (SSSR count). The van der Waals surface area contributed by atoms with E-state index in [-0.39, 0.29) is 6.10 Å². The van der Waals surface area contributed by atoms with Crippen LogP contribution in [0.5, 0.6) is 0 Å². The van der Waals surface area contributed by atoms with E-state index in [1.54, 1.807) is 6.20 Å². The van der Waals surface area contributed by atoms with Gasteiger partial charge in [-0.05, 0) is 44.4 Å². The summed E-state index contributed by atoms with van der Waals surface area (Å²) in [4.78, 5) is 13.6. The molecule has 1 aliphatic carbocycles. The maximum atomic E-state index is 9.66. The molecule has 25 heavy (non-hydrogen) atoms. The van der Waals surface area contributed by atoms with Crippen molar-refractivity contribution in [3.63, 3.8) is 0 Å². The third-order valence-electron chi connectivity index (χ3n) is 5.37. The molecule has 7 nitrogen and oxygen atoms in total. The number of nitrogens with one attached hydrogen (secondary N) is 1. The normalized spacial score (nSPS) is 25.2. The van der Waals surface area contributed by atoms with Gasteiger partial charge in [0.2, 0.25) is 5.95 Å². The van der Waals surface area contributed by atoms with Gasteiger partial charge in [-0.2, -0.15) is 0 Å². The summed E-state index contributed by atoms with van der Waals surface area (Å²) in [7, 11) is 0. The van der Waals surface area contributed by atoms with Crippen molar-refractivity contribution in [2.24, 2.45) is 0 Å². The number of pyridine rings is 1. The van der Waals surface area contributed by atoms with Crippen LogP contribution in [0.15, 0.2) is 12.4 Å². The summed E-state index contributed by atoms with van der Waals surface area (Å²) in [5.41, 5.74) is 8.07. The third-order valence-corrected chi connectivity index (χ3v) is 5.37. The molecule has 0 radical (unpaired) electrons. The first-order valence-electron chi connectivity index (χ1n) is 9.14. The Kier molecular flexibility index (Phi) is 4.67. The van der Waals surface area contributed by atoms with Crippen LogP contribution < -0.4 is 11.1 Å². The molecule has 7 heteroatoms. The first-order chi connectivity index (χ1) is 12.2. The molecule has 3 heterocycles. The molecule has 2 aromatic rings. The summed E-state index contributed by atoms with van der Waals surface area (Å²) in [5, 5.41) is 13.9. The van der Waals surface area contributed by atoms with Crippen LogP contribution in [-0.4, -0.2) is 45.4 Å². The Hall–Kier alpha value is -1.99. The molecule has 0 amide bonds. The van der Waals surface area contributed by atoms with Gasteiger partial charge >= 0.3 is 0 Å². The zero-order valence-corrected chi connectivity index (χ0v) is 14.3. The Morgan fingerprint density at radius 2 is 1.80 bits per heavy atom. The molecule has 0 atom stereocenters. The Bertz CT molecular complexity index is 740. The predicted molar refractivity (Wildman–Crippen MR) is 96.4 cm³/mol. The molecular formula is C18H25N5O2. The number of hydrogen-bond acceptors (Lipinski definition) is 7. The summed E-state index contributed by atoms with van der Waals surface area (Å²) in [5.74, 6) is 1.50. The number of aromatic nitrogens is 3. The van der Waals surface area contributed by atoms with E-state index < -0.39 is 0 Å². The zero-order chi connectivity index (χ0) is 17.2. The Morgan fingerprint density at radius 1 is 1.04 bits per heavy atom. The number of ether oxygens (including phenoxy) is 1. The largest absolute Gasteiger partial charge is 0.393 e. The van der Waals surface area contributed by atoms with Gasteiger partial charge in [-0.1, -0.05) is 0 Å². The molecule has 0 unspecified atom stereocenters. The maximum absolute atomic E-state index is 9.66. The van der Waals surface area contributed by atoms with E-state index in [9.17, 15) is 5.11 Å². The molecule has 0 bridgehead atoms. The van der Waals surface area contributed by atoms with Crippen LogP contribution in [0, 0.1) is 0 Å². The van der Waals surface area contributed by atoms with Crippen LogP contribution in [0.25, 0.3) is 10.9 Å². The molecule has 4 N–H and O–H groups in total. The minimum Gasteiger partial charge on any atom is -0.393 e. The summed E-state index contributed by atoms with van der Waals surface area (Å²) in [6, 6.07) is 0.312. The van der Waals surface area contributed by atoms with Gasteiger partial charge in [-0.3, -0.25) is 0 Å². The van der Waals surface area contributed by atoms with Crippen LogP contribution in [0.4, 0.5) is 11.8 Å². The van der Waals surface area contributed by atoms with Gasteiger partial charge in [0.15, 0.2) is 0 Å². The Balaban J connectivity index is 1.63. The van der Waals surface area contributed by atoms with Crippen molar-refractivity contribution in [2.45, 2.75) is 56.6 Å². The van der Waals surface area contributed by atoms with Gasteiger partial charge in [0, 0.05) is 37.2 Å². The van der Waals surface area contributed by atoms with E-state index in [2.05, 4.69) is 15.3 Å². The fourth-order valence-electron chi connectivity index (χ4n) is 3.84. The molecule has 0 aromatic carbocycles. The molecule has 1 saturated carbocycles. The van der Waals surface area contributed by atoms with E-state index in [1.165, 1.54) is 0 Å². The van der Waals surface area contributed by atoms with E-state index >= 15 is 0 Å². The fraction of sp³-hybridized carbons (Fsp3) is 0.611. The molecule has 134 valence electrons. The highest BCUT2D eigenvalue weighted by molar-refractivity contribution is 5.90. The number of aliphatic hydroxyl groups excluding tert-OH is 1. The standard InChI is InChI=1S/C18H25N5O2/c19-17-15-10-21-18(22-12-1-3-13(24)4-2-12)23-16(15)14(9-20-17)11-5-7-25-8-6-11/h9-13,24H,1-8H2,(H2,19,20)(H,21,22,23). The highest BCUT2D eigenvalue weighted by Crippen LogP contribution is 2.33. The minimum atomic E-state index is -0.165. The monoisotopic (exact) mass is 343 g/mol. The lowest BCUT2D eigenvalue weighted by molar-refractivity contribution is 0.0855. The van der Waals surface area contributed by atoms with E-state index in [4.69, 9.17) is 15.5 Å². The van der Waals surface area contributed by atoms with Crippen molar-refractivity contribution in [2.75, 3.05) is 24.3 Å². The average molecular weight is 343 g/mol. The van der Waals surface area contributed by atoms with Crippen LogP contribution in [0.2, 0.25) is 0 Å². The SMILES string of the molecule is Nc1ncc(C2CCOCC2)c2nc(NC3CCC(O)CC3)ncc12. The zero-order valence-electron chi connectivity index (χ0n) is 14.3. The van der Waals surface area contributed by atoms with Crippen molar-refractivity contribution in [3.8, 4) is 0 Å². The minimum absolute atomic E-state index is 0.165. The maximum Gasteiger partial charge on any atom is 0.223 e. The number of nitrogens with zero attached hydrogens (tertiary/aromatic N) is 3. The van der Waals surface area contributed by atoms with Crippen LogP contribution in [0.3, 0.4) is 0 Å². The number of hydrogen-bond donors (Lipinski definition) is 3. The van der Waals surface area contributed by atoms with Crippen molar-refractivity contribution >= 4 is 22.7 Å². The summed E-state index contributed by atoms with van der Waals surface area (Å²) >= 11 is 0. The number of fused-ring (bicyclic) bond motifs is 1. The molecule has 1 aliphatic heterocycles. The van der Waals surface area contributed by atoms with Gasteiger partial charge in [0.05, 0.1) is 17.0 Å². The van der Waals surface area contributed by atoms with E-state index in [0.29, 0.717) is 23.7 Å². The third kappa shape index (κ3) is 3.52. The highest BCUT2D eigenvalue weighted by atomic mass is 16.5. The Labute approximate surface area is 147 Å². The van der Waals surface area contributed by atoms with Gasteiger partial charge in [-0.25, -0.2) is 15.0 Å². The number of rotatable bonds is 3. The van der Waals surface area contributed by atoms with Crippen LogP contribution in [0.1, 0.15) is 50.0 Å². The summed E-state index contributed by atoms with van der Waals surface area (Å²) < 4.78 is 5.48. The van der Waals surface area contributed by atoms with E-state index in [1.807, 2.05) is 6.20 Å². The van der Waals surface area contributed by atoms with Crippen molar-refractivity contribution in [3.05, 3.63) is 18.0 Å². The van der Waals surface area contributed by atoms with Crippen molar-refractivity contribution < 1.29 is 9.84 Å². The second kappa shape index (κ2) is 7.09. The molecule has 0 spiro atoms. The lowest BCUT2D eigenvalue weighted by atomic mass is 9.91. The highest BCUT2D eigenvalue weighted by Gasteiger charge is 2.22. The average Bonchev–Trinajstić information content (AvgIpc) is 2.65. The Morgan fingerprint density at radius 3 is 2.56 bits per heavy atom. The molecule has 2 fully saturated rings. The number of nitrogens with two attached hydrogens (primary N) is 1. The lowest BCUT2D eigenvalue weighted by Gasteiger charge is -2.26. The van der Waals surface area contributed by atoms with E-state index in [0.717, 1.165) is 68.2 Å². The van der Waals surface area contributed by atoms with Gasteiger partial charge in [0.1, 0.15) is 5.82 Å². The topological polar surface area (TPSA) is 106 Å². The van der Waals surface area contributed by atoms with Gasteiger partial charge < -0.3 is 20.9 Å². The van der Waals surface area contributed by atoms with Crippen molar-refractivity contribution in [1.82, 2.24) is 15.0 Å². The smallest absolute Gasteiger partial charge is 0.223 e. The first-order valence-corrected chi connectivity index (χ1v) is 9.14. The second-order valence-electron chi connectivity index (χ2n) is 7.09. The summed E-state index contributed by atoms with van der Waals surface area (Å²) in [6.07, 6.45) is 8.96. The van der Waals surface area contributed by atoms with Gasteiger partial charge in [0.25, 0.3) is 0 Å². The predicted octanol–water partition coefficient (Wildman–Crippen LogP) is 2.22. The molecule has 1 saturated heterocycles. The van der Waals surface area contributed by atoms with Crippen LogP contribution in [-0.2, 0) is 4.74 Å². The first kappa shape index (κ1) is 16.5. The number of aliphatic hydroxyl groups is 1. The molecule has 2 aliphatic rings. The number of anilines is 2. The number of nitrogen functional groups attached to an aromatic ring is 1. The van der Waals surface area contributed by atoms with Crippen molar-refractivity contribution in [1.29, 1.82) is 0 Å². The second-order valence-corrected chi connectivity index (χ2v) is 7.09. The van der Waals surface area contributed by atoms with Gasteiger partial charge in [-0.15, -0.1) is 0 Å². The quantitative estimate of drug-likeness (QED) is 0.784. The lowest BCUT2D eigenvalue weighted by Crippen LogP contribution is -2.29. The molecular weight excluding hydrogens is 318 g/mol. The molecule has 2 aromatic heterocycles. The van der Waals surface area contributed by atoms with Crippen LogP contribution >= 0.6 is 0 Å².